The Hall–Kier alpha value is 0.674. The van der Waals surface area contributed by atoms with Gasteiger partial charge < -0.3 is 5.11 Å². The third kappa shape index (κ3) is 8.82. The topological polar surface area (TPSA) is 20.2 Å². The first kappa shape index (κ1) is 9.84. The molecule has 0 bridgehead atoms. The first-order chi connectivity index (χ1) is 2.27. The molecule has 6 heavy (non-hydrogen) atoms. The van der Waals surface area contributed by atoms with Crippen LogP contribution in [0, 0.1) is 5.92 Å². The summed E-state index contributed by atoms with van der Waals surface area (Å²) in [5.41, 5.74) is 0. The summed E-state index contributed by atoms with van der Waals surface area (Å²) in [5.74, 6) is 0.440. The molecule has 0 aromatic rings. The number of rotatable bonds is 1. The molecule has 0 fully saturated rings. The van der Waals surface area contributed by atoms with Crippen molar-refractivity contribution in [1.29, 1.82) is 0 Å². The molecule has 0 aliphatic carbocycles. The van der Waals surface area contributed by atoms with Gasteiger partial charge in [-0.1, -0.05) is 13.8 Å². The van der Waals surface area contributed by atoms with Gasteiger partial charge in [0.05, 0.1) is 0 Å². The van der Waals surface area contributed by atoms with Crippen LogP contribution in [0.4, 0.5) is 0 Å². The van der Waals surface area contributed by atoms with Gasteiger partial charge >= 0.3 is 0 Å². The van der Waals surface area contributed by atoms with Gasteiger partial charge in [0.25, 0.3) is 0 Å². The maximum absolute atomic E-state index is 8.14. The number of hydrogen-bond donors (Lipinski definition) is 1. The molecule has 0 radical (unpaired) electrons. The molecule has 1 N–H and O–H groups in total. The fourth-order valence-electron chi connectivity index (χ4n) is 0. The van der Waals surface area contributed by atoms with E-state index in [1.807, 2.05) is 13.8 Å². The van der Waals surface area contributed by atoms with Gasteiger partial charge in [0.1, 0.15) is 0 Å². The van der Waals surface area contributed by atoms with Crippen molar-refractivity contribution in [3.63, 3.8) is 0 Å². The molecule has 0 heterocycles. The smallest absolute Gasteiger partial charge is 0.0453 e. The van der Waals surface area contributed by atoms with Gasteiger partial charge in [0, 0.05) is 28.3 Å². The minimum absolute atomic E-state index is 0. The van der Waals surface area contributed by atoms with E-state index in [4.69, 9.17) is 5.11 Å². The van der Waals surface area contributed by atoms with Gasteiger partial charge in [-0.05, 0) is 5.92 Å². The number of aliphatic hydroxyl groups is 1. The van der Waals surface area contributed by atoms with Crippen LogP contribution in [0.3, 0.4) is 0 Å². The summed E-state index contributed by atoms with van der Waals surface area (Å²) in [7, 11) is 0. The van der Waals surface area contributed by atoms with Crippen LogP contribution in [-0.2, 0) is 21.7 Å². The Morgan fingerprint density at radius 2 is 1.67 bits per heavy atom. The SMILES string of the molecule is CC(C)CO.[Ti]. The van der Waals surface area contributed by atoms with Crippen molar-refractivity contribution in [2.24, 2.45) is 5.92 Å². The van der Waals surface area contributed by atoms with Crippen molar-refractivity contribution >= 4 is 0 Å². The Bertz CT molecular complexity index is 21.5. The van der Waals surface area contributed by atoms with E-state index in [-0.39, 0.29) is 21.7 Å². The molecule has 0 atom stereocenters. The van der Waals surface area contributed by atoms with E-state index in [0.29, 0.717) is 12.5 Å². The average Bonchev–Trinajstić information content (AvgIpc) is 1.38. The largest absolute Gasteiger partial charge is 0.396 e. The van der Waals surface area contributed by atoms with E-state index in [9.17, 15) is 0 Å². The second-order valence-electron chi connectivity index (χ2n) is 1.58. The molecule has 1 nitrogen and oxygen atoms in total. The van der Waals surface area contributed by atoms with E-state index in [2.05, 4.69) is 0 Å². The zero-order chi connectivity index (χ0) is 4.28. The Morgan fingerprint density at radius 3 is 1.67 bits per heavy atom. The van der Waals surface area contributed by atoms with E-state index < -0.39 is 0 Å². The molecule has 0 saturated heterocycles. The summed E-state index contributed by atoms with van der Waals surface area (Å²) >= 11 is 0. The minimum atomic E-state index is 0. The fourth-order valence-corrected chi connectivity index (χ4v) is 0. The Morgan fingerprint density at radius 1 is 1.50 bits per heavy atom. The van der Waals surface area contributed by atoms with E-state index >= 15 is 0 Å². The van der Waals surface area contributed by atoms with Crippen LogP contribution in [0.15, 0.2) is 0 Å². The molecule has 0 saturated carbocycles. The second kappa shape index (κ2) is 5.67. The molecule has 0 aliphatic rings. The molecule has 0 amide bonds. The molecule has 0 aliphatic heterocycles. The van der Waals surface area contributed by atoms with Crippen LogP contribution in [0.1, 0.15) is 13.8 Å². The van der Waals surface area contributed by atoms with E-state index in [0.717, 1.165) is 0 Å². The maximum Gasteiger partial charge on any atom is 0.0453 e. The molecule has 0 rings (SSSR count). The molecular weight excluding hydrogens is 112 g/mol. The molecule has 0 spiro atoms. The first-order valence-corrected chi connectivity index (χ1v) is 1.88. The van der Waals surface area contributed by atoms with Crippen molar-refractivity contribution in [3.05, 3.63) is 0 Å². The van der Waals surface area contributed by atoms with Gasteiger partial charge in [-0.25, -0.2) is 0 Å². The van der Waals surface area contributed by atoms with Gasteiger partial charge in [0.15, 0.2) is 0 Å². The Labute approximate surface area is 53.6 Å². The predicted octanol–water partition coefficient (Wildman–Crippen LogP) is 0.632. The van der Waals surface area contributed by atoms with Crippen LogP contribution < -0.4 is 0 Å². The normalized spacial score (nSPS) is 8.00. The van der Waals surface area contributed by atoms with Crippen LogP contribution in [0.5, 0.6) is 0 Å². The molecule has 2 heteroatoms. The van der Waals surface area contributed by atoms with Gasteiger partial charge in [-0.15, -0.1) is 0 Å². The number of hydrogen-bond acceptors (Lipinski definition) is 1. The van der Waals surface area contributed by atoms with Crippen molar-refractivity contribution in [1.82, 2.24) is 0 Å². The van der Waals surface area contributed by atoms with Crippen molar-refractivity contribution < 1.29 is 26.8 Å². The third-order valence-electron chi connectivity index (χ3n) is 0.365. The first-order valence-electron chi connectivity index (χ1n) is 1.88. The van der Waals surface area contributed by atoms with Crippen molar-refractivity contribution in [2.45, 2.75) is 13.8 Å². The average molecular weight is 122 g/mol. The van der Waals surface area contributed by atoms with Crippen LogP contribution in [0.25, 0.3) is 0 Å². The molecule has 0 aromatic carbocycles. The summed E-state index contributed by atoms with van der Waals surface area (Å²) < 4.78 is 0. The molecule has 0 aromatic heterocycles. The van der Waals surface area contributed by atoms with E-state index in [1.165, 1.54) is 0 Å². The van der Waals surface area contributed by atoms with Crippen molar-refractivity contribution in [2.75, 3.05) is 6.61 Å². The quantitative estimate of drug-likeness (QED) is 0.505. The molecular formula is C4H10OTi. The maximum atomic E-state index is 8.14. The number of aliphatic hydroxyl groups excluding tert-OH is 1. The van der Waals surface area contributed by atoms with Gasteiger partial charge in [0.2, 0.25) is 0 Å². The zero-order valence-electron chi connectivity index (χ0n) is 4.23. The van der Waals surface area contributed by atoms with Gasteiger partial charge in [-0.2, -0.15) is 0 Å². The standard InChI is InChI=1S/C4H10O.Ti/c1-4(2)3-5;/h4-5H,3H2,1-2H3;. The second-order valence-corrected chi connectivity index (χ2v) is 1.58. The van der Waals surface area contributed by atoms with Gasteiger partial charge in [-0.3, -0.25) is 0 Å². The monoisotopic (exact) mass is 122 g/mol. The van der Waals surface area contributed by atoms with E-state index in [1.54, 1.807) is 0 Å². The van der Waals surface area contributed by atoms with Crippen LogP contribution in [0.2, 0.25) is 0 Å². The summed E-state index contributed by atoms with van der Waals surface area (Å²) in [6.07, 6.45) is 0. The zero-order valence-corrected chi connectivity index (χ0v) is 5.79. The summed E-state index contributed by atoms with van der Waals surface area (Å²) in [6.45, 7) is 4.25. The Kier molecular flexibility index (Phi) is 9.30. The minimum Gasteiger partial charge on any atom is -0.396 e. The van der Waals surface area contributed by atoms with Crippen molar-refractivity contribution in [3.8, 4) is 0 Å². The Balaban J connectivity index is 0. The van der Waals surface area contributed by atoms with Crippen LogP contribution in [-0.4, -0.2) is 11.7 Å². The summed E-state index contributed by atoms with van der Waals surface area (Å²) in [6, 6.07) is 0. The third-order valence-corrected chi connectivity index (χ3v) is 0.365. The predicted molar refractivity (Wildman–Crippen MR) is 21.9 cm³/mol. The summed E-state index contributed by atoms with van der Waals surface area (Å²) in [5, 5.41) is 8.14. The molecule has 36 valence electrons. The summed E-state index contributed by atoms with van der Waals surface area (Å²) in [4.78, 5) is 0. The van der Waals surface area contributed by atoms with Crippen LogP contribution >= 0.6 is 0 Å². The fraction of sp³-hybridized carbons (Fsp3) is 1.00. The molecule has 0 unspecified atom stereocenters.